The van der Waals surface area contributed by atoms with Crippen LogP contribution >= 0.6 is 0 Å². The maximum absolute atomic E-state index is 12.9. The van der Waals surface area contributed by atoms with Gasteiger partial charge in [0.15, 0.2) is 5.69 Å². The molecule has 0 atom stereocenters. The van der Waals surface area contributed by atoms with Crippen molar-refractivity contribution >= 4 is 17.5 Å². The highest BCUT2D eigenvalue weighted by atomic mass is 19.1. The largest absolute Gasteiger partial charge is 0.444 e. The van der Waals surface area contributed by atoms with Gasteiger partial charge in [0.2, 0.25) is 11.8 Å². The zero-order valence-electron chi connectivity index (χ0n) is 13.6. The molecule has 2 amide bonds. The number of nitrogens with one attached hydrogen (secondary N) is 2. The van der Waals surface area contributed by atoms with Crippen LogP contribution in [0.5, 0.6) is 0 Å². The molecule has 3 aromatic rings. The van der Waals surface area contributed by atoms with Crippen LogP contribution in [0.3, 0.4) is 0 Å². The number of nitrogens with zero attached hydrogens (tertiary/aromatic N) is 2. The topological polar surface area (TPSA) is 97.1 Å². The van der Waals surface area contributed by atoms with Gasteiger partial charge in [-0.15, -0.1) is 0 Å². The van der Waals surface area contributed by atoms with E-state index < -0.39 is 5.91 Å². The summed E-state index contributed by atoms with van der Waals surface area (Å²) in [5.74, 6) is -0.867. The molecule has 3 rings (SSSR count). The Morgan fingerprint density at radius 1 is 1.15 bits per heavy atom. The lowest BCUT2D eigenvalue weighted by molar-refractivity contribution is -0.116. The summed E-state index contributed by atoms with van der Waals surface area (Å²) in [4.78, 5) is 31.8. The van der Waals surface area contributed by atoms with Crippen molar-refractivity contribution in [2.45, 2.75) is 6.42 Å². The highest BCUT2D eigenvalue weighted by Gasteiger charge is 2.13. The normalized spacial score (nSPS) is 10.3. The van der Waals surface area contributed by atoms with E-state index in [-0.39, 0.29) is 36.3 Å². The first kappa shape index (κ1) is 17.3. The summed E-state index contributed by atoms with van der Waals surface area (Å²) in [6.45, 7) is 0.143. The molecule has 2 N–H and O–H groups in total. The van der Waals surface area contributed by atoms with Gasteiger partial charge < -0.3 is 15.1 Å². The average Bonchev–Trinajstić information content (AvgIpc) is 3.13. The summed E-state index contributed by atoms with van der Waals surface area (Å²) in [5.41, 5.74) is 1.22. The van der Waals surface area contributed by atoms with E-state index in [4.69, 9.17) is 4.42 Å². The minimum absolute atomic E-state index is 0.0805. The first-order valence-electron chi connectivity index (χ1n) is 7.81. The van der Waals surface area contributed by atoms with E-state index in [0.717, 1.165) is 0 Å². The van der Waals surface area contributed by atoms with Gasteiger partial charge in [0.05, 0.1) is 11.9 Å². The number of carbonyl (C=O) groups is 2. The lowest BCUT2D eigenvalue weighted by atomic mass is 10.2. The second-order valence-electron chi connectivity index (χ2n) is 5.34. The Kier molecular flexibility index (Phi) is 5.33. The fraction of sp³-hybridized carbons (Fsp3) is 0.111. The molecule has 0 saturated carbocycles. The minimum Gasteiger partial charge on any atom is -0.444 e. The maximum Gasteiger partial charge on any atom is 0.273 e. The van der Waals surface area contributed by atoms with Crippen LogP contribution in [0.2, 0.25) is 0 Å². The zero-order valence-corrected chi connectivity index (χ0v) is 13.6. The first-order valence-corrected chi connectivity index (χ1v) is 7.81. The number of amides is 2. The standard InChI is InChI=1S/C18H15FN4O3/c19-13-5-3-12(4-6-13)18-23-15(11-26-18)17(25)21-9-7-16(24)22-14-2-1-8-20-10-14/h1-6,8,10-11H,7,9H2,(H,21,25)(H,22,24). The Balaban J connectivity index is 1.49. The molecule has 1 aromatic carbocycles. The summed E-state index contributed by atoms with van der Waals surface area (Å²) in [5, 5.41) is 5.26. The van der Waals surface area contributed by atoms with Crippen molar-refractivity contribution in [2.24, 2.45) is 0 Å². The Labute approximate surface area is 148 Å². The zero-order chi connectivity index (χ0) is 18.4. The summed E-state index contributed by atoms with van der Waals surface area (Å²) < 4.78 is 18.2. The Morgan fingerprint density at radius 2 is 1.96 bits per heavy atom. The van der Waals surface area contributed by atoms with E-state index in [0.29, 0.717) is 11.3 Å². The Bertz CT molecular complexity index is 894. The number of oxazole rings is 1. The second-order valence-corrected chi connectivity index (χ2v) is 5.34. The summed E-state index contributed by atoms with van der Waals surface area (Å²) in [7, 11) is 0. The summed E-state index contributed by atoms with van der Waals surface area (Å²) >= 11 is 0. The molecule has 0 fully saturated rings. The van der Waals surface area contributed by atoms with Crippen LogP contribution in [0.15, 0.2) is 59.5 Å². The van der Waals surface area contributed by atoms with Gasteiger partial charge in [-0.1, -0.05) is 0 Å². The fourth-order valence-electron chi connectivity index (χ4n) is 2.14. The van der Waals surface area contributed by atoms with Crippen LogP contribution in [0.4, 0.5) is 10.1 Å². The number of carbonyl (C=O) groups excluding carboxylic acids is 2. The molecule has 0 unspecified atom stereocenters. The molecule has 0 aliphatic rings. The van der Waals surface area contributed by atoms with Crippen molar-refractivity contribution in [1.82, 2.24) is 15.3 Å². The van der Waals surface area contributed by atoms with Gasteiger partial charge in [-0.05, 0) is 36.4 Å². The number of hydrogen-bond donors (Lipinski definition) is 2. The van der Waals surface area contributed by atoms with Crippen LogP contribution in [-0.4, -0.2) is 28.3 Å². The number of halogens is 1. The van der Waals surface area contributed by atoms with Crippen LogP contribution < -0.4 is 10.6 Å². The van der Waals surface area contributed by atoms with E-state index in [9.17, 15) is 14.0 Å². The molecule has 0 aliphatic carbocycles. The number of aromatic nitrogens is 2. The summed E-state index contributed by atoms with van der Waals surface area (Å²) in [6.07, 6.45) is 4.45. The van der Waals surface area contributed by atoms with E-state index in [2.05, 4.69) is 20.6 Å². The number of rotatable bonds is 6. The third-order valence-electron chi connectivity index (χ3n) is 3.41. The van der Waals surface area contributed by atoms with Crippen molar-refractivity contribution < 1.29 is 18.4 Å². The Hall–Kier alpha value is -3.55. The molecule has 0 aliphatic heterocycles. The Morgan fingerprint density at radius 3 is 2.69 bits per heavy atom. The highest BCUT2D eigenvalue weighted by Crippen LogP contribution is 2.18. The molecular weight excluding hydrogens is 339 g/mol. The van der Waals surface area contributed by atoms with E-state index in [1.807, 2.05) is 0 Å². The number of benzene rings is 1. The third kappa shape index (κ3) is 4.50. The van der Waals surface area contributed by atoms with Crippen LogP contribution in [0.25, 0.3) is 11.5 Å². The van der Waals surface area contributed by atoms with Crippen LogP contribution in [-0.2, 0) is 4.79 Å². The van der Waals surface area contributed by atoms with Gasteiger partial charge in [0.25, 0.3) is 5.91 Å². The van der Waals surface area contributed by atoms with Gasteiger partial charge in [-0.3, -0.25) is 14.6 Å². The molecule has 0 saturated heterocycles. The molecule has 0 radical (unpaired) electrons. The van der Waals surface area contributed by atoms with E-state index in [1.165, 1.54) is 36.7 Å². The molecular formula is C18H15FN4O3. The van der Waals surface area contributed by atoms with Gasteiger partial charge in [0.1, 0.15) is 12.1 Å². The molecule has 8 heteroatoms. The molecule has 132 valence electrons. The molecule has 7 nitrogen and oxygen atoms in total. The third-order valence-corrected chi connectivity index (χ3v) is 3.41. The maximum atomic E-state index is 12.9. The van der Waals surface area contributed by atoms with Gasteiger partial charge >= 0.3 is 0 Å². The van der Waals surface area contributed by atoms with Crippen molar-refractivity contribution in [3.8, 4) is 11.5 Å². The highest BCUT2D eigenvalue weighted by molar-refractivity contribution is 5.94. The molecule has 0 spiro atoms. The summed E-state index contributed by atoms with van der Waals surface area (Å²) in [6, 6.07) is 8.99. The molecule has 2 aromatic heterocycles. The van der Waals surface area contributed by atoms with Gasteiger partial charge in [0, 0.05) is 24.7 Å². The van der Waals surface area contributed by atoms with Crippen molar-refractivity contribution in [3.05, 3.63) is 66.6 Å². The second kappa shape index (κ2) is 8.02. The predicted molar refractivity (Wildman–Crippen MR) is 91.7 cm³/mol. The molecule has 26 heavy (non-hydrogen) atoms. The number of anilines is 1. The molecule has 2 heterocycles. The minimum atomic E-state index is -0.462. The van der Waals surface area contributed by atoms with Crippen molar-refractivity contribution in [3.63, 3.8) is 0 Å². The van der Waals surface area contributed by atoms with Crippen LogP contribution in [0.1, 0.15) is 16.9 Å². The van der Waals surface area contributed by atoms with E-state index in [1.54, 1.807) is 18.3 Å². The van der Waals surface area contributed by atoms with Crippen LogP contribution in [0, 0.1) is 5.82 Å². The van der Waals surface area contributed by atoms with Gasteiger partial charge in [-0.2, -0.15) is 0 Å². The predicted octanol–water partition coefficient (Wildman–Crippen LogP) is 2.63. The average molecular weight is 354 g/mol. The van der Waals surface area contributed by atoms with E-state index >= 15 is 0 Å². The lowest BCUT2D eigenvalue weighted by Gasteiger charge is -2.05. The van der Waals surface area contributed by atoms with Gasteiger partial charge in [-0.25, -0.2) is 9.37 Å². The molecule has 0 bridgehead atoms. The number of pyridine rings is 1. The first-order chi connectivity index (χ1) is 12.6. The SMILES string of the molecule is O=C(CCNC(=O)c1coc(-c2ccc(F)cc2)n1)Nc1cccnc1. The monoisotopic (exact) mass is 354 g/mol. The number of hydrogen-bond acceptors (Lipinski definition) is 5. The van der Waals surface area contributed by atoms with Crippen molar-refractivity contribution in [2.75, 3.05) is 11.9 Å². The lowest BCUT2D eigenvalue weighted by Crippen LogP contribution is -2.27. The van der Waals surface area contributed by atoms with Crippen molar-refractivity contribution in [1.29, 1.82) is 0 Å². The quantitative estimate of drug-likeness (QED) is 0.709. The smallest absolute Gasteiger partial charge is 0.273 e. The fourth-order valence-corrected chi connectivity index (χ4v) is 2.14.